The van der Waals surface area contributed by atoms with Gasteiger partial charge >= 0.3 is 0 Å². The van der Waals surface area contributed by atoms with Crippen molar-refractivity contribution in [3.63, 3.8) is 0 Å². The lowest BCUT2D eigenvalue weighted by Crippen LogP contribution is -2.31. The Bertz CT molecular complexity index is 1060. The van der Waals surface area contributed by atoms with Gasteiger partial charge in [-0.05, 0) is 54.3 Å². The Morgan fingerprint density at radius 3 is 2.30 bits per heavy atom. The summed E-state index contributed by atoms with van der Waals surface area (Å²) in [6, 6.07) is 14.3. The third-order valence-electron chi connectivity index (χ3n) is 4.79. The molecule has 0 unspecified atom stereocenters. The van der Waals surface area contributed by atoms with E-state index in [4.69, 9.17) is 9.26 Å². The lowest BCUT2D eigenvalue weighted by Gasteiger charge is -2.20. The fourth-order valence-electron chi connectivity index (χ4n) is 3.03. The second kappa shape index (κ2) is 9.40. The summed E-state index contributed by atoms with van der Waals surface area (Å²) in [6.07, 6.45) is 0.669. The second-order valence-electron chi connectivity index (χ2n) is 7.30. The first kappa shape index (κ1) is 22.0. The molecule has 0 aliphatic carbocycles. The summed E-state index contributed by atoms with van der Waals surface area (Å²) in [6.45, 7) is 6.45. The van der Waals surface area contributed by atoms with E-state index in [-0.39, 0.29) is 17.3 Å². The van der Waals surface area contributed by atoms with Crippen LogP contribution in [0.2, 0.25) is 0 Å². The summed E-state index contributed by atoms with van der Waals surface area (Å²) >= 11 is 0. The number of benzene rings is 2. The van der Waals surface area contributed by atoms with Gasteiger partial charge in [-0.1, -0.05) is 38.1 Å². The molecule has 0 amide bonds. The van der Waals surface area contributed by atoms with E-state index in [1.54, 1.807) is 31.4 Å². The first-order valence-electron chi connectivity index (χ1n) is 9.92. The minimum absolute atomic E-state index is 0.0191. The van der Waals surface area contributed by atoms with Crippen LogP contribution in [-0.2, 0) is 16.6 Å². The highest BCUT2D eigenvalue weighted by Crippen LogP contribution is 2.23. The van der Waals surface area contributed by atoms with Crippen molar-refractivity contribution in [3.8, 4) is 17.1 Å². The van der Waals surface area contributed by atoms with Crippen LogP contribution in [0.5, 0.6) is 5.75 Å². The van der Waals surface area contributed by atoms with Crippen molar-refractivity contribution >= 4 is 10.0 Å². The molecule has 1 heterocycles. The molecule has 8 heteroatoms. The molecule has 0 saturated carbocycles. The molecule has 1 aromatic heterocycles. The van der Waals surface area contributed by atoms with Crippen molar-refractivity contribution < 1.29 is 17.7 Å². The highest BCUT2D eigenvalue weighted by atomic mass is 32.2. The highest BCUT2D eigenvalue weighted by Gasteiger charge is 2.26. The highest BCUT2D eigenvalue weighted by molar-refractivity contribution is 7.89. The number of methoxy groups -OCH3 is 1. The maximum atomic E-state index is 13.2. The molecule has 7 nitrogen and oxygen atoms in total. The minimum Gasteiger partial charge on any atom is -0.497 e. The maximum Gasteiger partial charge on any atom is 0.243 e. The zero-order chi connectivity index (χ0) is 21.7. The Hall–Kier alpha value is -2.71. The maximum absolute atomic E-state index is 13.2. The molecule has 30 heavy (non-hydrogen) atoms. The molecule has 3 aromatic rings. The quantitative estimate of drug-likeness (QED) is 0.499. The largest absolute Gasteiger partial charge is 0.497 e. The number of hydrogen-bond acceptors (Lipinski definition) is 6. The number of sulfonamides is 1. The Balaban J connectivity index is 1.82. The predicted octanol–water partition coefficient (Wildman–Crippen LogP) is 4.47. The van der Waals surface area contributed by atoms with Gasteiger partial charge in [0.05, 0.1) is 18.6 Å². The average molecular weight is 430 g/mol. The molecule has 3 rings (SSSR count). The van der Waals surface area contributed by atoms with Gasteiger partial charge in [0.2, 0.25) is 21.7 Å². The third-order valence-corrected chi connectivity index (χ3v) is 6.64. The van der Waals surface area contributed by atoms with E-state index < -0.39 is 10.0 Å². The molecule has 0 fully saturated rings. The van der Waals surface area contributed by atoms with E-state index >= 15 is 0 Å². The smallest absolute Gasteiger partial charge is 0.243 e. The molecular formula is C22H27N3O4S. The van der Waals surface area contributed by atoms with E-state index in [2.05, 4.69) is 24.0 Å². The number of aromatic nitrogens is 2. The summed E-state index contributed by atoms with van der Waals surface area (Å²) < 4.78 is 38.2. The molecular weight excluding hydrogens is 402 g/mol. The van der Waals surface area contributed by atoms with Crippen LogP contribution in [0.1, 0.15) is 44.6 Å². The van der Waals surface area contributed by atoms with Crippen LogP contribution in [-0.4, -0.2) is 36.5 Å². The molecule has 0 spiro atoms. The number of hydrogen-bond donors (Lipinski definition) is 0. The summed E-state index contributed by atoms with van der Waals surface area (Å²) in [5.41, 5.74) is 1.86. The van der Waals surface area contributed by atoms with Crippen molar-refractivity contribution in [2.45, 2.75) is 44.6 Å². The number of rotatable bonds is 9. The van der Waals surface area contributed by atoms with Crippen molar-refractivity contribution in [2.75, 3.05) is 13.7 Å². The monoisotopic (exact) mass is 429 g/mol. The molecule has 0 N–H and O–H groups in total. The van der Waals surface area contributed by atoms with Crippen LogP contribution in [0, 0.1) is 0 Å². The van der Waals surface area contributed by atoms with E-state index in [0.717, 1.165) is 16.9 Å². The number of ether oxygens (including phenoxy) is 1. The number of nitrogens with zero attached hydrogens (tertiary/aromatic N) is 3. The topological polar surface area (TPSA) is 85.5 Å². The van der Waals surface area contributed by atoms with E-state index in [1.165, 1.54) is 4.31 Å². The molecule has 2 aromatic carbocycles. The van der Waals surface area contributed by atoms with Gasteiger partial charge in [-0.2, -0.15) is 9.29 Å². The average Bonchev–Trinajstić information content (AvgIpc) is 3.22. The summed E-state index contributed by atoms with van der Waals surface area (Å²) in [7, 11) is -2.08. The zero-order valence-corrected chi connectivity index (χ0v) is 18.5. The Kier molecular flexibility index (Phi) is 6.89. The van der Waals surface area contributed by atoms with Crippen LogP contribution in [0.15, 0.2) is 57.9 Å². The summed E-state index contributed by atoms with van der Waals surface area (Å²) in [4.78, 5) is 4.64. The second-order valence-corrected chi connectivity index (χ2v) is 9.24. The standard InChI is InChI=1S/C22H27N3O4S/c1-5-14-25(30(26,27)20-12-8-17(9-13-20)16(2)3)15-21-23-22(24-29-21)18-6-10-19(28-4)11-7-18/h6-13,16H,5,14-15H2,1-4H3. The van der Waals surface area contributed by atoms with Gasteiger partial charge in [-0.3, -0.25) is 0 Å². The molecule has 160 valence electrons. The van der Waals surface area contributed by atoms with Crippen molar-refractivity contribution in [1.29, 1.82) is 0 Å². The molecule has 0 atom stereocenters. The van der Waals surface area contributed by atoms with Gasteiger partial charge < -0.3 is 9.26 Å². The lowest BCUT2D eigenvalue weighted by molar-refractivity contribution is 0.315. The molecule has 0 radical (unpaired) electrons. The van der Waals surface area contributed by atoms with Crippen LogP contribution in [0.3, 0.4) is 0 Å². The first-order valence-corrected chi connectivity index (χ1v) is 11.4. The minimum atomic E-state index is -3.68. The Morgan fingerprint density at radius 2 is 1.73 bits per heavy atom. The van der Waals surface area contributed by atoms with Gasteiger partial charge in [0.15, 0.2) is 0 Å². The predicted molar refractivity (Wildman–Crippen MR) is 115 cm³/mol. The molecule has 0 aliphatic heterocycles. The SMILES string of the molecule is CCCN(Cc1nc(-c2ccc(OC)cc2)no1)S(=O)(=O)c1ccc(C(C)C)cc1. The van der Waals surface area contributed by atoms with Crippen LogP contribution in [0.25, 0.3) is 11.4 Å². The van der Waals surface area contributed by atoms with Crippen molar-refractivity contribution in [3.05, 3.63) is 60.0 Å². The molecule has 0 saturated heterocycles. The van der Waals surface area contributed by atoms with Gasteiger partial charge in [-0.15, -0.1) is 0 Å². The first-order chi connectivity index (χ1) is 14.3. The van der Waals surface area contributed by atoms with Crippen molar-refractivity contribution in [2.24, 2.45) is 0 Å². The van der Waals surface area contributed by atoms with Crippen LogP contribution >= 0.6 is 0 Å². The van der Waals surface area contributed by atoms with Crippen LogP contribution < -0.4 is 4.74 Å². The van der Waals surface area contributed by atoms with E-state index in [9.17, 15) is 8.42 Å². The molecule has 0 bridgehead atoms. The third kappa shape index (κ3) is 4.88. The zero-order valence-electron chi connectivity index (χ0n) is 17.7. The summed E-state index contributed by atoms with van der Waals surface area (Å²) in [5.74, 6) is 1.72. The lowest BCUT2D eigenvalue weighted by atomic mass is 10.0. The van der Waals surface area contributed by atoms with Crippen molar-refractivity contribution in [1.82, 2.24) is 14.4 Å². The van der Waals surface area contributed by atoms with E-state index in [0.29, 0.717) is 24.7 Å². The van der Waals surface area contributed by atoms with Gasteiger partial charge in [0.25, 0.3) is 0 Å². The van der Waals surface area contributed by atoms with Gasteiger partial charge in [0.1, 0.15) is 5.75 Å². The van der Waals surface area contributed by atoms with Crippen LogP contribution in [0.4, 0.5) is 0 Å². The molecule has 0 aliphatic rings. The summed E-state index contributed by atoms with van der Waals surface area (Å²) in [5, 5.41) is 3.99. The van der Waals surface area contributed by atoms with Gasteiger partial charge in [-0.25, -0.2) is 8.42 Å². The fourth-order valence-corrected chi connectivity index (χ4v) is 4.52. The Morgan fingerprint density at radius 1 is 1.07 bits per heavy atom. The Labute approximate surface area is 177 Å². The fraction of sp³-hybridized carbons (Fsp3) is 0.364. The van der Waals surface area contributed by atoms with Gasteiger partial charge in [0, 0.05) is 12.1 Å². The normalized spacial score (nSPS) is 11.9. The van der Waals surface area contributed by atoms with E-state index in [1.807, 2.05) is 31.2 Å².